The smallest absolute Gasteiger partial charge is 0.194 e. The molecule has 0 saturated carbocycles. The minimum absolute atomic E-state index is 0.101. The summed E-state index contributed by atoms with van der Waals surface area (Å²) in [5.74, 6) is -0.531. The molecule has 0 fully saturated rings. The minimum atomic E-state index is -2.13. The van der Waals surface area contributed by atoms with Gasteiger partial charge in [-0.05, 0) is 51.0 Å². The van der Waals surface area contributed by atoms with E-state index in [1.165, 1.54) is 26.4 Å². The number of allylic oxidation sites excluding steroid dienone is 4. The molecule has 164 valence electrons. The first kappa shape index (κ1) is 21.5. The third kappa shape index (κ3) is 3.06. The van der Waals surface area contributed by atoms with E-state index in [9.17, 15) is 30.0 Å². The molecule has 0 unspecified atom stereocenters. The molecule has 0 radical (unpaired) electrons. The van der Waals surface area contributed by atoms with Crippen LogP contribution in [0.25, 0.3) is 0 Å². The Morgan fingerprint density at radius 2 is 1.16 bits per heavy atom. The van der Waals surface area contributed by atoms with E-state index < -0.39 is 35.0 Å². The van der Waals surface area contributed by atoms with Crippen LogP contribution in [0, 0.1) is 0 Å². The van der Waals surface area contributed by atoms with Gasteiger partial charge in [0.05, 0.1) is 12.5 Å². The van der Waals surface area contributed by atoms with Gasteiger partial charge in [0, 0.05) is 28.7 Å². The van der Waals surface area contributed by atoms with Gasteiger partial charge in [0.1, 0.15) is 23.7 Å². The van der Waals surface area contributed by atoms with Gasteiger partial charge in [0.15, 0.2) is 22.8 Å². The van der Waals surface area contributed by atoms with Crippen molar-refractivity contribution >= 4 is 11.6 Å². The zero-order valence-electron chi connectivity index (χ0n) is 17.6. The summed E-state index contributed by atoms with van der Waals surface area (Å²) in [6.07, 6.45) is 2.45. The van der Waals surface area contributed by atoms with Gasteiger partial charge >= 0.3 is 0 Å². The second-order valence-corrected chi connectivity index (χ2v) is 8.61. The van der Waals surface area contributed by atoms with E-state index in [-0.39, 0.29) is 28.7 Å². The average molecular weight is 428 g/mol. The molecule has 0 aromatic heterocycles. The van der Waals surface area contributed by atoms with Crippen molar-refractivity contribution in [2.24, 2.45) is 0 Å². The Morgan fingerprint density at radius 3 is 1.52 bits per heavy atom. The summed E-state index contributed by atoms with van der Waals surface area (Å²) < 4.78 is 10.7. The lowest BCUT2D eigenvalue weighted by molar-refractivity contribution is -0.142. The molecule has 8 heteroatoms. The van der Waals surface area contributed by atoms with Crippen LogP contribution in [0.2, 0.25) is 0 Å². The quantitative estimate of drug-likeness (QED) is 0.512. The summed E-state index contributed by atoms with van der Waals surface area (Å²) in [4.78, 5) is 26.4. The molecule has 2 aliphatic carbocycles. The van der Waals surface area contributed by atoms with E-state index in [1.807, 2.05) is 0 Å². The van der Waals surface area contributed by atoms with Crippen LogP contribution in [0.3, 0.4) is 0 Å². The number of fused-ring (bicyclic) bond motifs is 2. The molecular formula is C23H24O8. The maximum Gasteiger partial charge on any atom is 0.194 e. The van der Waals surface area contributed by atoms with Crippen LogP contribution in [-0.2, 0) is 19.1 Å². The molecule has 0 aromatic rings. The Balaban J connectivity index is 1.94. The van der Waals surface area contributed by atoms with Crippen LogP contribution in [0.4, 0.5) is 0 Å². The van der Waals surface area contributed by atoms with E-state index in [0.717, 1.165) is 0 Å². The first-order chi connectivity index (χ1) is 14.4. The van der Waals surface area contributed by atoms with E-state index in [4.69, 9.17) is 9.47 Å². The number of carbonyl (C=O) groups is 2. The number of hydrogen-bond acceptors (Lipinski definition) is 8. The van der Waals surface area contributed by atoms with Crippen LogP contribution < -0.4 is 0 Å². The standard InChI is InChI=1S/C23H24O8/c1-10-5-12-14(18(24)22(3,28)20(26)16(12)8-30-10)7-15-13-6-11(2)31-9-17(13)21(27)23(4,29)19(15)25/h5-6,8-9,20-21,26-29H,7H2,1-4H3/t20-,21-,22-,23-/m0/s1. The van der Waals surface area contributed by atoms with Crippen molar-refractivity contribution in [3.05, 3.63) is 69.6 Å². The Kier molecular flexibility index (Phi) is 4.75. The number of Topliss-reactive ketones (excluding diaryl/α,β-unsaturated/α-hetero) is 2. The lowest BCUT2D eigenvalue weighted by Crippen LogP contribution is -2.54. The summed E-state index contributed by atoms with van der Waals surface area (Å²) in [6.45, 7) is 5.74. The van der Waals surface area contributed by atoms with E-state index in [1.54, 1.807) is 26.0 Å². The fourth-order valence-corrected chi connectivity index (χ4v) is 4.26. The Labute approximate surface area is 178 Å². The molecule has 4 aliphatic rings. The van der Waals surface area contributed by atoms with Crippen LogP contribution in [-0.4, -0.2) is 55.4 Å². The van der Waals surface area contributed by atoms with Crippen molar-refractivity contribution in [2.75, 3.05) is 0 Å². The third-order valence-corrected chi connectivity index (χ3v) is 6.19. The zero-order valence-corrected chi connectivity index (χ0v) is 17.6. The summed E-state index contributed by atoms with van der Waals surface area (Å²) in [7, 11) is 0. The lowest BCUT2D eigenvalue weighted by atomic mass is 9.69. The number of carbonyl (C=O) groups excluding carboxylic acids is 2. The average Bonchev–Trinajstić information content (AvgIpc) is 2.71. The summed E-state index contributed by atoms with van der Waals surface area (Å²) >= 11 is 0. The van der Waals surface area contributed by atoms with Gasteiger partial charge < -0.3 is 29.9 Å². The maximum absolute atomic E-state index is 13.2. The topological polar surface area (TPSA) is 134 Å². The summed E-state index contributed by atoms with van der Waals surface area (Å²) in [5.41, 5.74) is -2.89. The molecule has 0 bridgehead atoms. The molecular weight excluding hydrogens is 404 g/mol. The van der Waals surface area contributed by atoms with Crippen LogP contribution >= 0.6 is 0 Å². The van der Waals surface area contributed by atoms with E-state index in [2.05, 4.69) is 0 Å². The lowest BCUT2D eigenvalue weighted by Gasteiger charge is -2.40. The van der Waals surface area contributed by atoms with Crippen LogP contribution in [0.1, 0.15) is 34.1 Å². The molecule has 4 atom stereocenters. The van der Waals surface area contributed by atoms with Gasteiger partial charge in [-0.2, -0.15) is 0 Å². The first-order valence-electron chi connectivity index (χ1n) is 9.85. The van der Waals surface area contributed by atoms with Crippen molar-refractivity contribution in [2.45, 2.75) is 57.5 Å². The van der Waals surface area contributed by atoms with Crippen molar-refractivity contribution in [1.29, 1.82) is 0 Å². The van der Waals surface area contributed by atoms with Gasteiger partial charge in [0.25, 0.3) is 0 Å². The number of aliphatic hydroxyl groups is 4. The van der Waals surface area contributed by atoms with Crippen molar-refractivity contribution in [3.8, 4) is 0 Å². The van der Waals surface area contributed by atoms with Gasteiger partial charge in [-0.25, -0.2) is 0 Å². The molecule has 0 aromatic carbocycles. The van der Waals surface area contributed by atoms with E-state index in [0.29, 0.717) is 22.7 Å². The van der Waals surface area contributed by atoms with Crippen molar-refractivity contribution < 1.29 is 39.5 Å². The monoisotopic (exact) mass is 428 g/mol. The Hall–Kier alpha value is -2.78. The molecule has 2 heterocycles. The maximum atomic E-state index is 13.2. The predicted octanol–water partition coefficient (Wildman–Crippen LogP) is 0.995. The van der Waals surface area contributed by atoms with Gasteiger partial charge in [-0.1, -0.05) is 0 Å². The highest BCUT2D eigenvalue weighted by molar-refractivity contribution is 6.11. The predicted molar refractivity (Wildman–Crippen MR) is 108 cm³/mol. The normalized spacial score (nSPS) is 35.4. The number of aliphatic hydroxyl groups excluding tert-OH is 2. The number of rotatable bonds is 2. The molecule has 0 spiro atoms. The highest BCUT2D eigenvalue weighted by Crippen LogP contribution is 2.44. The first-order valence-corrected chi connectivity index (χ1v) is 9.85. The fraction of sp³-hybridized carbons (Fsp3) is 0.391. The number of ether oxygens (including phenoxy) is 2. The van der Waals surface area contributed by atoms with Gasteiger partial charge in [-0.3, -0.25) is 9.59 Å². The molecule has 4 rings (SSSR count). The molecule has 8 nitrogen and oxygen atoms in total. The highest BCUT2D eigenvalue weighted by Gasteiger charge is 2.52. The van der Waals surface area contributed by atoms with E-state index >= 15 is 0 Å². The summed E-state index contributed by atoms with van der Waals surface area (Å²) in [6, 6.07) is 0. The van der Waals surface area contributed by atoms with Crippen molar-refractivity contribution in [1.82, 2.24) is 0 Å². The Morgan fingerprint density at radius 1 is 0.806 bits per heavy atom. The van der Waals surface area contributed by atoms with Crippen molar-refractivity contribution in [3.63, 3.8) is 0 Å². The molecule has 0 saturated heterocycles. The largest absolute Gasteiger partial charge is 0.469 e. The van der Waals surface area contributed by atoms with Gasteiger partial charge in [-0.15, -0.1) is 0 Å². The third-order valence-electron chi connectivity index (χ3n) is 6.19. The molecule has 2 aliphatic heterocycles. The number of ketones is 2. The zero-order chi connectivity index (χ0) is 22.9. The molecule has 0 amide bonds. The van der Waals surface area contributed by atoms with Crippen LogP contribution in [0.15, 0.2) is 69.6 Å². The Bertz CT molecular complexity index is 1000. The van der Waals surface area contributed by atoms with Crippen LogP contribution in [0.5, 0.6) is 0 Å². The fourth-order valence-electron chi connectivity index (χ4n) is 4.26. The SMILES string of the molecule is CC1=CC2=C(CC3=C4C=C(C)OC=C4[C@H](O)[C@@](C)(O)C3=O)C(=O)[C@](C)(O)[C@@H](O)C2=CO1. The number of hydrogen-bond donors (Lipinski definition) is 4. The van der Waals surface area contributed by atoms with Gasteiger partial charge in [0.2, 0.25) is 0 Å². The molecule has 31 heavy (non-hydrogen) atoms. The second-order valence-electron chi connectivity index (χ2n) is 8.61. The molecule has 4 N–H and O–H groups in total. The highest BCUT2D eigenvalue weighted by atomic mass is 16.5. The minimum Gasteiger partial charge on any atom is -0.469 e. The second kappa shape index (κ2) is 6.86. The summed E-state index contributed by atoms with van der Waals surface area (Å²) in [5, 5.41) is 42.5.